The largest absolute Gasteiger partial charge is 0.494 e. The first-order valence-electron chi connectivity index (χ1n) is 45.2. The Balaban J connectivity index is 0.917. The summed E-state index contributed by atoms with van der Waals surface area (Å²) in [6, 6.07) is 21.8. The van der Waals surface area contributed by atoms with Crippen LogP contribution in [0.25, 0.3) is 43.8 Å². The molecule has 127 heavy (non-hydrogen) atoms. The minimum atomic E-state index is -0.647. The van der Waals surface area contributed by atoms with Gasteiger partial charge >= 0.3 is 7.12 Å². The van der Waals surface area contributed by atoms with Crippen LogP contribution in [-0.4, -0.2) is 362 Å². The molecule has 0 radical (unpaired) electrons. The van der Waals surface area contributed by atoms with Crippen molar-refractivity contribution in [2.24, 2.45) is 5.11 Å². The molecule has 720 valence electrons. The van der Waals surface area contributed by atoms with Crippen LogP contribution in [-0.2, 0) is 133 Å². The number of methoxy groups -OCH3 is 2. The van der Waals surface area contributed by atoms with E-state index in [1.54, 1.807) is 38.5 Å². The van der Waals surface area contributed by atoms with Crippen molar-refractivity contribution >= 4 is 18.5 Å². The Labute approximate surface area is 752 Å². The highest BCUT2D eigenvalue weighted by atomic mass is 19.1. The number of azide groups is 1. The van der Waals surface area contributed by atoms with Gasteiger partial charge in [0.15, 0.2) is 0 Å². The number of hydrogen-bond acceptors (Lipinski definition) is 29. The molecule has 35 heteroatoms. The quantitative estimate of drug-likeness (QED) is 0.0141. The molecule has 1 aliphatic carbocycles. The Bertz CT molecular complexity index is 3360. The number of amides is 1. The molecular weight excluding hydrogens is 1660 g/mol. The lowest BCUT2D eigenvalue weighted by Crippen LogP contribution is -2.41. The standard InChI is InChI=1S/C92H147BF2N4O28/c1-90(2)91(3,4)127-93(126-90)79-17-21-82-81-20-16-78(84-76-87(94)83(75-88(84)95)77-14-18-80(19-15-77)125-28-10-9-24-97-89(100)13-7-8-25-98-99-96)73-85(81)92(86(82)74-79,22-11-26-103-33-35-107-41-43-111-49-51-115-57-59-119-65-67-123-71-69-121-63-61-117-55-53-113-47-45-109-39-37-105-31-29-101-5)23-12-27-104-34-36-108-42-44-112-50-52-116-58-60-120-66-68-124-72-70-122-64-62-118-56-54-114-48-46-110-40-38-106-32-30-102-6/h14-21,73-76H,7-13,22-72H2,1-6H3,(H,97,100). The molecule has 32 nitrogen and oxygen atoms in total. The van der Waals surface area contributed by atoms with E-state index in [0.717, 1.165) is 34.1 Å². The fourth-order valence-corrected chi connectivity index (χ4v) is 13.3. The van der Waals surface area contributed by atoms with Gasteiger partial charge in [0.05, 0.1) is 309 Å². The summed E-state index contributed by atoms with van der Waals surface area (Å²) in [5.41, 5.74) is 12.9. The van der Waals surface area contributed by atoms with E-state index < -0.39 is 35.4 Å². The monoisotopic (exact) mass is 1810 g/mol. The molecule has 0 saturated carbocycles. The molecule has 0 bridgehead atoms. The summed E-state index contributed by atoms with van der Waals surface area (Å²) in [5.74, 6) is -0.605. The Morgan fingerprint density at radius 2 is 0.661 bits per heavy atom. The van der Waals surface area contributed by atoms with Crippen molar-refractivity contribution in [3.05, 3.63) is 106 Å². The predicted octanol–water partition coefficient (Wildman–Crippen LogP) is 10.8. The second-order valence-corrected chi connectivity index (χ2v) is 30.6. The maximum Gasteiger partial charge on any atom is 0.494 e. The van der Waals surface area contributed by atoms with Crippen molar-refractivity contribution in [1.29, 1.82) is 0 Å². The number of halogens is 2. The number of ether oxygens (including phenoxy) is 25. The maximum atomic E-state index is 16.9. The van der Waals surface area contributed by atoms with Crippen LogP contribution in [0.15, 0.2) is 77.9 Å². The van der Waals surface area contributed by atoms with Gasteiger partial charge in [-0.1, -0.05) is 47.6 Å². The third-order valence-electron chi connectivity index (χ3n) is 20.7. The topological polar surface area (TPSA) is 327 Å². The molecule has 0 atom stereocenters. The van der Waals surface area contributed by atoms with Gasteiger partial charge in [-0.3, -0.25) is 4.79 Å². The van der Waals surface area contributed by atoms with E-state index in [1.165, 1.54) is 12.1 Å². The second-order valence-electron chi connectivity index (χ2n) is 30.6. The van der Waals surface area contributed by atoms with Crippen molar-refractivity contribution in [3.8, 4) is 39.1 Å². The predicted molar refractivity (Wildman–Crippen MR) is 475 cm³/mol. The lowest BCUT2D eigenvalue weighted by atomic mass is 9.69. The van der Waals surface area contributed by atoms with Crippen molar-refractivity contribution in [2.75, 3.05) is 338 Å². The summed E-state index contributed by atoms with van der Waals surface area (Å²) in [7, 11) is 2.64. The molecule has 1 aliphatic heterocycles. The van der Waals surface area contributed by atoms with Crippen LogP contribution in [0.4, 0.5) is 8.78 Å². The zero-order chi connectivity index (χ0) is 90.3. The highest BCUT2D eigenvalue weighted by Gasteiger charge is 2.53. The molecule has 6 rings (SSSR count). The molecule has 0 unspecified atom stereocenters. The van der Waals surface area contributed by atoms with Crippen LogP contribution in [0.2, 0.25) is 0 Å². The van der Waals surface area contributed by atoms with Crippen molar-refractivity contribution in [1.82, 2.24) is 5.32 Å². The van der Waals surface area contributed by atoms with Gasteiger partial charge in [-0.2, -0.15) is 0 Å². The summed E-state index contributed by atoms with van der Waals surface area (Å²) < 4.78 is 187. The highest BCUT2D eigenvalue weighted by Crippen LogP contribution is 2.55. The number of benzene rings is 4. The number of carbonyl (C=O) groups is 1. The zero-order valence-electron chi connectivity index (χ0n) is 76.5. The fraction of sp³-hybridized carbons (Fsp3) is 0.728. The van der Waals surface area contributed by atoms with Crippen molar-refractivity contribution in [2.45, 2.75) is 102 Å². The summed E-state index contributed by atoms with van der Waals surface area (Å²) in [6.07, 6.45) is 5.70. The van der Waals surface area contributed by atoms with Crippen LogP contribution in [0.3, 0.4) is 0 Å². The van der Waals surface area contributed by atoms with E-state index >= 15 is 8.78 Å². The molecule has 0 aromatic heterocycles. The first-order valence-corrected chi connectivity index (χ1v) is 45.2. The Kier molecular flexibility index (Phi) is 62.4. The van der Waals surface area contributed by atoms with Gasteiger partial charge in [0.1, 0.15) is 17.4 Å². The maximum absolute atomic E-state index is 16.9. The Hall–Kier alpha value is -5.66. The molecule has 1 heterocycles. The van der Waals surface area contributed by atoms with E-state index in [2.05, 4.69) is 33.5 Å². The summed E-state index contributed by atoms with van der Waals surface area (Å²) >= 11 is 0. The van der Waals surface area contributed by atoms with Crippen LogP contribution >= 0.6 is 0 Å². The Morgan fingerprint density at radius 1 is 0.354 bits per heavy atom. The van der Waals surface area contributed by atoms with Crippen LogP contribution in [0, 0.1) is 11.6 Å². The Morgan fingerprint density at radius 3 is 1.00 bits per heavy atom. The number of fused-ring (bicyclic) bond motifs is 3. The van der Waals surface area contributed by atoms with Gasteiger partial charge in [-0.15, -0.1) is 0 Å². The number of unbranched alkanes of at least 4 members (excludes halogenated alkanes) is 2. The van der Waals surface area contributed by atoms with Crippen LogP contribution in [0.5, 0.6) is 5.75 Å². The SMILES string of the molecule is COCCOCCOCCOCCOCCOCCOCCOCCOCCOCCOCCOCCCC1(CCCOCCOCCOCCOCCOCCOCCOCCOCCOCCOCCOCCOC)c2cc(B3OC(C)(C)C(C)(C)O3)ccc2-c2ccc(-c3cc(F)c(-c4ccc(OCCCCNC(=O)CCCCN=[N+]=[N-])cc4)cc3F)cc21. The highest BCUT2D eigenvalue weighted by molar-refractivity contribution is 6.62. The summed E-state index contributed by atoms with van der Waals surface area (Å²) in [6.45, 7) is 30.6. The minimum absolute atomic E-state index is 0.0444. The molecule has 1 fully saturated rings. The molecule has 1 amide bonds. The fourth-order valence-electron chi connectivity index (χ4n) is 13.3. The molecular formula is C92H147BF2N4O28. The average molecular weight is 1810 g/mol. The normalized spacial score (nSPS) is 13.7. The van der Waals surface area contributed by atoms with Crippen LogP contribution < -0.4 is 15.5 Å². The van der Waals surface area contributed by atoms with E-state index in [9.17, 15) is 4.79 Å². The number of hydrogen-bond donors (Lipinski definition) is 1. The van der Waals surface area contributed by atoms with Gasteiger partial charge in [-0.05, 0) is 154 Å². The molecule has 4 aromatic carbocycles. The van der Waals surface area contributed by atoms with E-state index in [4.69, 9.17) is 133 Å². The minimum Gasteiger partial charge on any atom is -0.494 e. The van der Waals surface area contributed by atoms with E-state index in [1.807, 2.05) is 45.9 Å². The van der Waals surface area contributed by atoms with Gasteiger partial charge in [0.25, 0.3) is 0 Å². The average Bonchev–Trinajstić information content (AvgIpc) is 1.56. The van der Waals surface area contributed by atoms with Gasteiger partial charge < -0.3 is 133 Å². The third-order valence-corrected chi connectivity index (χ3v) is 20.7. The lowest BCUT2D eigenvalue weighted by molar-refractivity contribution is -0.121. The number of nitrogens with one attached hydrogen (secondary N) is 1. The number of nitrogens with zero attached hydrogens (tertiary/aromatic N) is 3. The number of rotatable bonds is 88. The molecule has 2 aliphatic rings. The van der Waals surface area contributed by atoms with Gasteiger partial charge in [0, 0.05) is 68.4 Å². The van der Waals surface area contributed by atoms with Crippen LogP contribution in [0.1, 0.15) is 96.6 Å². The molecule has 1 N–H and O–H groups in total. The van der Waals surface area contributed by atoms with Gasteiger partial charge in [-0.25, -0.2) is 8.78 Å². The lowest BCUT2D eigenvalue weighted by Gasteiger charge is -2.33. The van der Waals surface area contributed by atoms with Gasteiger partial charge in [0.2, 0.25) is 5.91 Å². The summed E-state index contributed by atoms with van der Waals surface area (Å²) in [5, 5.41) is 6.41. The molecule has 1 saturated heterocycles. The first kappa shape index (κ1) is 110. The van der Waals surface area contributed by atoms with E-state index in [0.29, 0.717) is 392 Å². The number of carbonyl (C=O) groups excluding carboxylic acids is 1. The molecule has 4 aromatic rings. The summed E-state index contributed by atoms with van der Waals surface area (Å²) in [4.78, 5) is 14.9. The van der Waals surface area contributed by atoms with Crippen molar-refractivity contribution in [3.63, 3.8) is 0 Å². The second kappa shape index (κ2) is 72.0. The first-order chi connectivity index (χ1) is 62.3. The van der Waals surface area contributed by atoms with E-state index in [-0.39, 0.29) is 17.0 Å². The third kappa shape index (κ3) is 48.0. The van der Waals surface area contributed by atoms with Crippen molar-refractivity contribution < 1.29 is 141 Å². The zero-order valence-corrected chi connectivity index (χ0v) is 76.5. The smallest absolute Gasteiger partial charge is 0.494 e. The molecule has 0 spiro atoms.